The van der Waals surface area contributed by atoms with Crippen molar-refractivity contribution in [2.24, 2.45) is 0 Å². The fraction of sp³-hybridized carbons (Fsp3) is 0.105. The first-order valence-corrected chi connectivity index (χ1v) is 9.34. The van der Waals surface area contributed by atoms with E-state index in [0.29, 0.717) is 16.7 Å². The van der Waals surface area contributed by atoms with Crippen LogP contribution in [0, 0.1) is 36.0 Å². The van der Waals surface area contributed by atoms with Crippen molar-refractivity contribution in [2.75, 3.05) is 5.32 Å². The lowest BCUT2D eigenvalue weighted by atomic mass is 10.1. The molecule has 0 atom stereocenters. The molecule has 0 spiro atoms. The summed E-state index contributed by atoms with van der Waals surface area (Å²) in [5.74, 6) is -11.9. The van der Waals surface area contributed by atoms with E-state index in [2.05, 4.69) is 10.1 Å². The number of nitrogens with one attached hydrogen (secondary N) is 1. The minimum Gasteiger partial charge on any atom is -0.319 e. The van der Waals surface area contributed by atoms with Crippen LogP contribution in [-0.2, 0) is 11.3 Å². The third-order valence-electron chi connectivity index (χ3n) is 4.36. The van der Waals surface area contributed by atoms with Gasteiger partial charge in [-0.25, -0.2) is 31.6 Å². The molecule has 0 saturated carbocycles. The summed E-state index contributed by atoms with van der Waals surface area (Å²) in [6.07, 6.45) is 1.52. The van der Waals surface area contributed by atoms with Gasteiger partial charge in [0.15, 0.2) is 28.9 Å². The Labute approximate surface area is 169 Å². The fourth-order valence-electron chi connectivity index (χ4n) is 3.06. The molecule has 3 heterocycles. The summed E-state index contributed by atoms with van der Waals surface area (Å²) in [6.45, 7) is 1.16. The van der Waals surface area contributed by atoms with Gasteiger partial charge in [-0.05, 0) is 24.4 Å². The van der Waals surface area contributed by atoms with Crippen LogP contribution in [0.4, 0.5) is 27.6 Å². The molecule has 154 valence electrons. The second-order valence-corrected chi connectivity index (χ2v) is 7.22. The van der Waals surface area contributed by atoms with Gasteiger partial charge in [-0.2, -0.15) is 5.10 Å². The van der Waals surface area contributed by atoms with E-state index in [4.69, 9.17) is 0 Å². The highest BCUT2D eigenvalue weighted by Gasteiger charge is 2.27. The monoisotopic (exact) mass is 438 g/mol. The number of hydrogen-bond acceptors (Lipinski definition) is 4. The zero-order valence-corrected chi connectivity index (χ0v) is 16.0. The predicted octanol–water partition coefficient (Wildman–Crippen LogP) is 4.80. The number of anilines is 1. The van der Waals surface area contributed by atoms with Gasteiger partial charge in [-0.1, -0.05) is 6.07 Å². The van der Waals surface area contributed by atoms with Crippen LogP contribution in [-0.4, -0.2) is 20.7 Å². The molecule has 0 aliphatic rings. The van der Waals surface area contributed by atoms with Crippen LogP contribution in [0.5, 0.6) is 0 Å². The van der Waals surface area contributed by atoms with Gasteiger partial charge in [0.2, 0.25) is 11.7 Å². The van der Waals surface area contributed by atoms with Crippen molar-refractivity contribution >= 4 is 34.0 Å². The van der Waals surface area contributed by atoms with Gasteiger partial charge >= 0.3 is 0 Å². The number of pyridine rings is 1. The molecule has 4 rings (SSSR count). The van der Waals surface area contributed by atoms with Crippen molar-refractivity contribution < 1.29 is 26.7 Å². The number of fused-ring (bicyclic) bond motifs is 1. The third-order valence-corrected chi connectivity index (χ3v) is 5.27. The fourth-order valence-corrected chi connectivity index (χ4v) is 3.82. The summed E-state index contributed by atoms with van der Waals surface area (Å²) in [5.41, 5.74) is 0.326. The molecule has 5 nitrogen and oxygen atoms in total. The van der Waals surface area contributed by atoms with Gasteiger partial charge in [0.25, 0.3) is 0 Å². The zero-order valence-electron chi connectivity index (χ0n) is 15.1. The van der Waals surface area contributed by atoms with Gasteiger partial charge < -0.3 is 5.32 Å². The summed E-state index contributed by atoms with van der Waals surface area (Å²) < 4.78 is 68.6. The number of thiophene rings is 1. The van der Waals surface area contributed by atoms with Crippen molar-refractivity contribution in [3.05, 3.63) is 64.6 Å². The Morgan fingerprint density at radius 1 is 1.07 bits per heavy atom. The molecule has 3 aromatic heterocycles. The summed E-state index contributed by atoms with van der Waals surface area (Å²) >= 11 is 1.50. The molecule has 0 aliphatic carbocycles. The minimum absolute atomic E-state index is 0.339. The molecule has 1 aromatic carbocycles. The SMILES string of the molecule is Cc1nn(CC(=O)Nc2c(F)c(F)c(F)c(F)c2F)c2nccc(-c3cccs3)c12. The lowest BCUT2D eigenvalue weighted by Crippen LogP contribution is -2.22. The summed E-state index contributed by atoms with van der Waals surface area (Å²) in [4.78, 5) is 17.5. The molecule has 1 amide bonds. The predicted molar refractivity (Wildman–Crippen MR) is 100 cm³/mol. The molecule has 11 heteroatoms. The van der Waals surface area contributed by atoms with Crippen molar-refractivity contribution in [1.82, 2.24) is 14.8 Å². The maximum Gasteiger partial charge on any atom is 0.246 e. The molecular weight excluding hydrogens is 427 g/mol. The first kappa shape index (κ1) is 20.0. The van der Waals surface area contributed by atoms with Crippen molar-refractivity contribution in [1.29, 1.82) is 0 Å². The highest BCUT2D eigenvalue weighted by atomic mass is 32.1. The first-order chi connectivity index (χ1) is 14.3. The first-order valence-electron chi connectivity index (χ1n) is 8.47. The van der Waals surface area contributed by atoms with E-state index < -0.39 is 47.2 Å². The van der Waals surface area contributed by atoms with Crippen LogP contribution < -0.4 is 5.32 Å². The van der Waals surface area contributed by atoms with E-state index in [1.165, 1.54) is 22.2 Å². The average Bonchev–Trinajstić information content (AvgIpc) is 3.37. The van der Waals surface area contributed by atoms with Crippen LogP contribution in [0.25, 0.3) is 21.5 Å². The highest BCUT2D eigenvalue weighted by Crippen LogP contribution is 2.33. The van der Waals surface area contributed by atoms with Gasteiger partial charge in [0, 0.05) is 16.6 Å². The third kappa shape index (κ3) is 3.20. The number of aryl methyl sites for hydroxylation is 1. The number of hydrogen-bond donors (Lipinski definition) is 1. The van der Waals surface area contributed by atoms with E-state index in [1.54, 1.807) is 18.3 Å². The van der Waals surface area contributed by atoms with Crippen molar-refractivity contribution in [3.8, 4) is 10.4 Å². The smallest absolute Gasteiger partial charge is 0.246 e. The quantitative estimate of drug-likeness (QED) is 0.283. The number of benzene rings is 1. The number of amides is 1. The number of carbonyl (C=O) groups excluding carboxylic acids is 1. The molecule has 30 heavy (non-hydrogen) atoms. The second kappa shape index (κ2) is 7.48. The van der Waals surface area contributed by atoms with E-state index in [0.717, 1.165) is 10.4 Å². The second-order valence-electron chi connectivity index (χ2n) is 6.27. The minimum atomic E-state index is -2.30. The largest absolute Gasteiger partial charge is 0.319 e. The molecule has 0 radical (unpaired) electrons. The van der Waals surface area contributed by atoms with E-state index >= 15 is 0 Å². The Bertz CT molecular complexity index is 1260. The maximum absolute atomic E-state index is 13.8. The highest BCUT2D eigenvalue weighted by molar-refractivity contribution is 7.13. The molecule has 0 aliphatic heterocycles. The van der Waals surface area contributed by atoms with Crippen molar-refractivity contribution in [3.63, 3.8) is 0 Å². The number of carbonyl (C=O) groups is 1. The Morgan fingerprint density at radius 3 is 2.37 bits per heavy atom. The number of halogens is 5. The van der Waals surface area contributed by atoms with E-state index in [9.17, 15) is 26.7 Å². The Balaban J connectivity index is 1.68. The normalized spacial score (nSPS) is 11.3. The molecule has 1 N–H and O–H groups in total. The summed E-state index contributed by atoms with van der Waals surface area (Å²) in [5, 5.41) is 8.55. The lowest BCUT2D eigenvalue weighted by Gasteiger charge is -2.10. The van der Waals surface area contributed by atoms with Crippen LogP contribution in [0.2, 0.25) is 0 Å². The molecule has 0 fully saturated rings. The summed E-state index contributed by atoms with van der Waals surface area (Å²) in [6, 6.07) is 5.58. The van der Waals surface area contributed by atoms with Crippen LogP contribution >= 0.6 is 11.3 Å². The van der Waals surface area contributed by atoms with Crippen LogP contribution in [0.1, 0.15) is 5.69 Å². The molecule has 0 unspecified atom stereocenters. The van der Waals surface area contributed by atoms with Gasteiger partial charge in [0.1, 0.15) is 12.2 Å². The molecular formula is C19H11F5N4OS. The molecule has 0 saturated heterocycles. The van der Waals surface area contributed by atoms with Gasteiger partial charge in [-0.3, -0.25) is 4.79 Å². The number of aromatic nitrogens is 3. The maximum atomic E-state index is 13.8. The van der Waals surface area contributed by atoms with Gasteiger partial charge in [0.05, 0.1) is 11.1 Å². The molecule has 0 bridgehead atoms. The Kier molecular flexibility index (Phi) is 4.98. The molecule has 4 aromatic rings. The van der Waals surface area contributed by atoms with Crippen molar-refractivity contribution in [2.45, 2.75) is 13.5 Å². The zero-order chi connectivity index (χ0) is 21.6. The van der Waals surface area contributed by atoms with Crippen LogP contribution in [0.15, 0.2) is 29.8 Å². The Morgan fingerprint density at radius 2 is 1.73 bits per heavy atom. The average molecular weight is 438 g/mol. The van der Waals surface area contributed by atoms with Crippen LogP contribution in [0.3, 0.4) is 0 Å². The number of rotatable bonds is 4. The summed E-state index contributed by atoms with van der Waals surface area (Å²) in [7, 11) is 0. The van der Waals surface area contributed by atoms with E-state index in [1.807, 2.05) is 17.5 Å². The number of nitrogens with zero attached hydrogens (tertiary/aromatic N) is 3. The standard InChI is InChI=1S/C19H11F5N4OS/c1-8-12-9(10-3-2-6-30-10)4-5-25-19(12)28(27-8)7-11(29)26-18-16(23)14(21)13(20)15(22)17(18)24/h2-6H,7H2,1H3,(H,26,29). The topological polar surface area (TPSA) is 59.8 Å². The van der Waals surface area contributed by atoms with Gasteiger partial charge in [-0.15, -0.1) is 11.3 Å². The lowest BCUT2D eigenvalue weighted by molar-refractivity contribution is -0.116. The Hall–Kier alpha value is -3.34. The van der Waals surface area contributed by atoms with E-state index in [-0.39, 0.29) is 0 Å².